The molecule has 158 valence electrons. The fourth-order valence-electron chi connectivity index (χ4n) is 2.70. The van der Waals surface area contributed by atoms with Gasteiger partial charge in [-0.1, -0.05) is 48.0 Å². The van der Waals surface area contributed by atoms with Gasteiger partial charge in [-0.3, -0.25) is 0 Å². The summed E-state index contributed by atoms with van der Waals surface area (Å²) in [7, 11) is 0. The first-order valence-electron chi connectivity index (χ1n) is 9.22. The Labute approximate surface area is 177 Å². The minimum Gasteiger partial charge on any atom is -0.377 e. The van der Waals surface area contributed by atoms with Crippen LogP contribution in [0.3, 0.4) is 0 Å². The van der Waals surface area contributed by atoms with Crippen molar-refractivity contribution in [2.75, 3.05) is 17.2 Å². The van der Waals surface area contributed by atoms with Crippen molar-refractivity contribution in [3.8, 4) is 0 Å². The largest absolute Gasteiger partial charge is 0.377 e. The number of benzene rings is 2. The van der Waals surface area contributed by atoms with Crippen molar-refractivity contribution in [2.45, 2.75) is 26.1 Å². The van der Waals surface area contributed by atoms with Gasteiger partial charge >= 0.3 is 6.05 Å². The molecule has 0 aliphatic heterocycles. The van der Waals surface area contributed by atoms with Crippen LogP contribution in [-0.4, -0.2) is 16.6 Å². The van der Waals surface area contributed by atoms with Gasteiger partial charge in [-0.15, -0.1) is 0 Å². The van der Waals surface area contributed by atoms with E-state index in [9.17, 15) is 13.2 Å². The third-order valence-electron chi connectivity index (χ3n) is 4.15. The maximum atomic E-state index is 14.5. The van der Waals surface area contributed by atoms with Gasteiger partial charge in [0.2, 0.25) is 5.95 Å². The molecule has 0 unspecified atom stereocenters. The first kappa shape index (κ1) is 21.9. The van der Waals surface area contributed by atoms with E-state index in [0.29, 0.717) is 19.8 Å². The molecule has 0 saturated heterocycles. The van der Waals surface area contributed by atoms with Crippen LogP contribution in [0.15, 0.2) is 54.7 Å². The molecule has 0 fully saturated rings. The number of rotatable bonds is 9. The molecule has 3 rings (SSSR count). The molecule has 0 radical (unpaired) electrons. The summed E-state index contributed by atoms with van der Waals surface area (Å²) in [5, 5.41) is 4.75. The van der Waals surface area contributed by atoms with Crippen molar-refractivity contribution in [2.24, 2.45) is 0 Å². The highest BCUT2D eigenvalue weighted by Gasteiger charge is 2.35. The van der Waals surface area contributed by atoms with E-state index in [0.717, 1.165) is 23.3 Å². The topological polar surface area (TPSA) is 59.1 Å². The van der Waals surface area contributed by atoms with Crippen LogP contribution < -0.4 is 10.6 Å². The van der Waals surface area contributed by atoms with Crippen LogP contribution in [0.1, 0.15) is 23.6 Å². The highest BCUT2D eigenvalue weighted by molar-refractivity contribution is 6.32. The Kier molecular flexibility index (Phi) is 7.12. The molecule has 1 aromatic heterocycles. The SMILES string of the molecule is CCOCc1cccc(CNc2ncc(Cl)c(NC(F)(F)c3ccccc3F)n2)c1. The fraction of sp³-hybridized carbons (Fsp3) is 0.238. The van der Waals surface area contributed by atoms with Crippen molar-refractivity contribution in [1.82, 2.24) is 9.97 Å². The van der Waals surface area contributed by atoms with E-state index in [1.54, 1.807) is 0 Å². The lowest BCUT2D eigenvalue weighted by Crippen LogP contribution is -2.27. The Hall–Kier alpha value is -2.84. The summed E-state index contributed by atoms with van der Waals surface area (Å²) in [5.41, 5.74) is 1.15. The second kappa shape index (κ2) is 9.77. The normalized spacial score (nSPS) is 11.4. The van der Waals surface area contributed by atoms with Crippen LogP contribution in [0.25, 0.3) is 0 Å². The minimum atomic E-state index is -3.71. The number of nitrogens with one attached hydrogen (secondary N) is 2. The van der Waals surface area contributed by atoms with Crippen molar-refractivity contribution in [3.05, 3.63) is 82.3 Å². The lowest BCUT2D eigenvalue weighted by molar-refractivity contribution is 0.0242. The lowest BCUT2D eigenvalue weighted by atomic mass is 10.1. The molecular weight excluding hydrogens is 417 g/mol. The first-order valence-corrected chi connectivity index (χ1v) is 9.60. The molecule has 0 bridgehead atoms. The van der Waals surface area contributed by atoms with Gasteiger partial charge in [0.05, 0.1) is 18.4 Å². The van der Waals surface area contributed by atoms with E-state index in [1.165, 1.54) is 18.3 Å². The van der Waals surface area contributed by atoms with Crippen molar-refractivity contribution in [1.29, 1.82) is 0 Å². The maximum Gasteiger partial charge on any atom is 0.354 e. The molecule has 30 heavy (non-hydrogen) atoms. The van der Waals surface area contributed by atoms with Gasteiger partial charge < -0.3 is 15.4 Å². The summed E-state index contributed by atoms with van der Waals surface area (Å²) in [6.07, 6.45) is 1.20. The summed E-state index contributed by atoms with van der Waals surface area (Å²) >= 11 is 5.96. The van der Waals surface area contributed by atoms with Crippen LogP contribution in [-0.2, 0) is 23.9 Å². The highest BCUT2D eigenvalue weighted by atomic mass is 35.5. The molecule has 0 spiro atoms. The summed E-state index contributed by atoms with van der Waals surface area (Å²) in [5.74, 6) is -1.25. The zero-order valence-electron chi connectivity index (χ0n) is 16.1. The zero-order chi connectivity index (χ0) is 21.6. The van der Waals surface area contributed by atoms with Crippen LogP contribution in [0.4, 0.5) is 24.9 Å². The molecule has 0 atom stereocenters. The van der Waals surface area contributed by atoms with Crippen LogP contribution in [0.5, 0.6) is 0 Å². The molecule has 2 aromatic carbocycles. The maximum absolute atomic E-state index is 14.5. The van der Waals surface area contributed by atoms with Crippen LogP contribution in [0.2, 0.25) is 5.02 Å². The van der Waals surface area contributed by atoms with Gasteiger partial charge in [0, 0.05) is 13.2 Å². The summed E-state index contributed by atoms with van der Waals surface area (Å²) in [6.45, 7) is 3.41. The molecule has 0 aliphatic carbocycles. The number of alkyl halides is 2. The molecule has 0 amide bonds. The third kappa shape index (κ3) is 5.61. The van der Waals surface area contributed by atoms with Gasteiger partial charge in [0.25, 0.3) is 0 Å². The Balaban J connectivity index is 1.72. The predicted octanol–water partition coefficient (Wildman–Crippen LogP) is 5.58. The lowest BCUT2D eigenvalue weighted by Gasteiger charge is -2.20. The van der Waals surface area contributed by atoms with Gasteiger partial charge in [-0.05, 0) is 30.2 Å². The Morgan fingerprint density at radius 2 is 1.87 bits per heavy atom. The number of hydrogen-bond acceptors (Lipinski definition) is 5. The van der Waals surface area contributed by atoms with E-state index >= 15 is 0 Å². The van der Waals surface area contributed by atoms with E-state index in [-0.39, 0.29) is 16.8 Å². The van der Waals surface area contributed by atoms with E-state index in [4.69, 9.17) is 16.3 Å². The predicted molar refractivity (Wildman–Crippen MR) is 110 cm³/mol. The Bertz CT molecular complexity index is 1000. The highest BCUT2D eigenvalue weighted by Crippen LogP contribution is 2.33. The standard InChI is InChI=1S/C21H20ClF3N4O/c1-2-30-13-15-7-5-6-14(10-15)11-26-20-27-12-17(22)19(28-20)29-21(24,25)16-8-3-4-9-18(16)23/h3-10,12H,2,11,13H2,1H3,(H2,26,27,28,29). The molecular formula is C21H20ClF3N4O. The molecule has 0 saturated carbocycles. The summed E-state index contributed by atoms with van der Waals surface area (Å²) < 4.78 is 48.2. The number of nitrogens with zero attached hydrogens (tertiary/aromatic N) is 2. The van der Waals surface area contributed by atoms with Gasteiger partial charge in [-0.25, -0.2) is 9.37 Å². The van der Waals surface area contributed by atoms with Crippen LogP contribution in [0, 0.1) is 5.82 Å². The Morgan fingerprint density at radius 1 is 1.10 bits per heavy atom. The average Bonchev–Trinajstić information content (AvgIpc) is 2.73. The zero-order valence-corrected chi connectivity index (χ0v) is 16.9. The van der Waals surface area contributed by atoms with Crippen molar-refractivity contribution < 1.29 is 17.9 Å². The molecule has 1 heterocycles. The molecule has 0 aliphatic rings. The number of aromatic nitrogens is 2. The average molecular weight is 437 g/mol. The molecule has 9 heteroatoms. The summed E-state index contributed by atoms with van der Waals surface area (Å²) in [6, 6.07) is 8.61. The summed E-state index contributed by atoms with van der Waals surface area (Å²) in [4.78, 5) is 8.02. The van der Waals surface area contributed by atoms with Gasteiger partial charge in [0.15, 0.2) is 5.82 Å². The van der Waals surface area contributed by atoms with E-state index < -0.39 is 17.4 Å². The molecule has 3 aromatic rings. The third-order valence-corrected chi connectivity index (χ3v) is 4.42. The van der Waals surface area contributed by atoms with E-state index in [1.807, 2.05) is 36.5 Å². The molecule has 2 N–H and O–H groups in total. The minimum absolute atomic E-state index is 0.0986. The Morgan fingerprint density at radius 3 is 2.63 bits per heavy atom. The van der Waals surface area contributed by atoms with Gasteiger partial charge in [-0.2, -0.15) is 13.8 Å². The molecule has 5 nitrogen and oxygen atoms in total. The second-order valence-electron chi connectivity index (χ2n) is 6.38. The number of hydrogen-bond donors (Lipinski definition) is 2. The monoisotopic (exact) mass is 436 g/mol. The second-order valence-corrected chi connectivity index (χ2v) is 6.79. The van der Waals surface area contributed by atoms with E-state index in [2.05, 4.69) is 15.3 Å². The smallest absolute Gasteiger partial charge is 0.354 e. The number of halogens is 4. The number of anilines is 2. The van der Waals surface area contributed by atoms with Crippen molar-refractivity contribution in [3.63, 3.8) is 0 Å². The first-order chi connectivity index (χ1) is 14.4. The number of ether oxygens (including phenoxy) is 1. The van der Waals surface area contributed by atoms with Crippen molar-refractivity contribution >= 4 is 23.4 Å². The van der Waals surface area contributed by atoms with Gasteiger partial charge in [0.1, 0.15) is 10.8 Å². The fourth-order valence-corrected chi connectivity index (χ4v) is 2.84. The van der Waals surface area contributed by atoms with Crippen LogP contribution >= 0.6 is 11.6 Å². The quantitative estimate of drug-likeness (QED) is 0.429.